The summed E-state index contributed by atoms with van der Waals surface area (Å²) in [5.74, 6) is -0.939. The van der Waals surface area contributed by atoms with Crippen LogP contribution >= 0.6 is 23.1 Å². The molecule has 108 valence electrons. The fourth-order valence-corrected chi connectivity index (χ4v) is 3.31. The van der Waals surface area contributed by atoms with E-state index in [4.69, 9.17) is 5.11 Å². The number of hydrogen-bond donors (Lipinski definition) is 2. The summed E-state index contributed by atoms with van der Waals surface area (Å²) < 4.78 is 1.92. The molecule has 0 atom stereocenters. The Labute approximate surface area is 127 Å². The van der Waals surface area contributed by atoms with Gasteiger partial charge in [0.1, 0.15) is 0 Å². The number of fused-ring (bicyclic) bond motifs is 1. The second-order valence-corrected chi connectivity index (χ2v) is 6.11. The number of carboxylic acid groups (broad SMARTS) is 1. The molecule has 0 aliphatic heterocycles. The Bertz CT molecular complexity index is 850. The molecule has 0 fully saturated rings. The SMILES string of the molecule is O=C(O)CSc1nc2ccccc2n1Cc1csc(=O)[nH]1. The smallest absolute Gasteiger partial charge is 0.313 e. The predicted octanol–water partition coefficient (Wildman–Crippen LogP) is 2.01. The number of aromatic nitrogens is 3. The highest BCUT2D eigenvalue weighted by Gasteiger charge is 2.13. The van der Waals surface area contributed by atoms with Crippen LogP contribution in [0.3, 0.4) is 0 Å². The van der Waals surface area contributed by atoms with Gasteiger partial charge in [0.05, 0.1) is 23.3 Å². The lowest BCUT2D eigenvalue weighted by Gasteiger charge is -2.06. The first-order chi connectivity index (χ1) is 10.1. The first kappa shape index (κ1) is 13.9. The van der Waals surface area contributed by atoms with Crippen molar-refractivity contribution in [3.63, 3.8) is 0 Å². The molecule has 0 radical (unpaired) electrons. The van der Waals surface area contributed by atoms with Crippen molar-refractivity contribution >= 4 is 40.1 Å². The lowest BCUT2D eigenvalue weighted by atomic mass is 10.3. The van der Waals surface area contributed by atoms with E-state index in [0.29, 0.717) is 11.7 Å². The van der Waals surface area contributed by atoms with E-state index in [2.05, 4.69) is 9.97 Å². The van der Waals surface area contributed by atoms with Crippen LogP contribution < -0.4 is 4.87 Å². The third-order valence-corrected chi connectivity index (χ3v) is 4.52. The number of aliphatic carboxylic acids is 1. The van der Waals surface area contributed by atoms with Gasteiger partial charge in [-0.25, -0.2) is 4.98 Å². The number of benzene rings is 1. The number of hydrogen-bond acceptors (Lipinski definition) is 5. The van der Waals surface area contributed by atoms with Gasteiger partial charge >= 0.3 is 10.8 Å². The number of carboxylic acids is 1. The van der Waals surface area contributed by atoms with Crippen molar-refractivity contribution in [2.45, 2.75) is 11.7 Å². The Morgan fingerprint density at radius 3 is 2.95 bits per heavy atom. The molecule has 0 saturated heterocycles. The molecule has 1 aromatic carbocycles. The fourth-order valence-electron chi connectivity index (χ4n) is 2.00. The van der Waals surface area contributed by atoms with Crippen molar-refractivity contribution in [3.8, 4) is 0 Å². The molecule has 0 bridgehead atoms. The highest BCUT2D eigenvalue weighted by atomic mass is 32.2. The topological polar surface area (TPSA) is 88.0 Å². The summed E-state index contributed by atoms with van der Waals surface area (Å²) >= 11 is 2.28. The average molecular weight is 321 g/mol. The number of para-hydroxylation sites is 2. The van der Waals surface area contributed by atoms with Gasteiger partial charge in [-0.05, 0) is 12.1 Å². The molecule has 0 saturated carbocycles. The monoisotopic (exact) mass is 321 g/mol. The molecule has 6 nitrogen and oxygen atoms in total. The van der Waals surface area contributed by atoms with Crippen molar-refractivity contribution in [2.75, 3.05) is 5.75 Å². The van der Waals surface area contributed by atoms with E-state index in [-0.39, 0.29) is 10.6 Å². The van der Waals surface area contributed by atoms with E-state index in [1.807, 2.05) is 28.8 Å². The number of nitrogens with one attached hydrogen (secondary N) is 1. The van der Waals surface area contributed by atoms with Crippen LogP contribution in [0.2, 0.25) is 0 Å². The Morgan fingerprint density at radius 2 is 2.24 bits per heavy atom. The molecule has 3 aromatic rings. The average Bonchev–Trinajstić information content (AvgIpc) is 3.01. The second-order valence-electron chi connectivity index (χ2n) is 4.33. The molecular formula is C13H11N3O3S2. The molecule has 0 spiro atoms. The van der Waals surface area contributed by atoms with Crippen molar-refractivity contribution in [3.05, 3.63) is 45.0 Å². The highest BCUT2D eigenvalue weighted by molar-refractivity contribution is 7.99. The first-order valence-electron chi connectivity index (χ1n) is 6.10. The van der Waals surface area contributed by atoms with Crippen LogP contribution in [0, 0.1) is 0 Å². The Hall–Kier alpha value is -2.06. The number of thiazole rings is 1. The quantitative estimate of drug-likeness (QED) is 0.702. The molecular weight excluding hydrogens is 310 g/mol. The van der Waals surface area contributed by atoms with Gasteiger partial charge in [0.2, 0.25) is 0 Å². The zero-order chi connectivity index (χ0) is 14.8. The molecule has 2 aromatic heterocycles. The van der Waals surface area contributed by atoms with Gasteiger partial charge in [-0.1, -0.05) is 35.2 Å². The van der Waals surface area contributed by atoms with Gasteiger partial charge in [-0.15, -0.1) is 0 Å². The van der Waals surface area contributed by atoms with Crippen molar-refractivity contribution in [1.29, 1.82) is 0 Å². The number of thioether (sulfide) groups is 1. The van der Waals surface area contributed by atoms with E-state index in [0.717, 1.165) is 28.1 Å². The van der Waals surface area contributed by atoms with E-state index >= 15 is 0 Å². The van der Waals surface area contributed by atoms with Crippen LogP contribution in [0.5, 0.6) is 0 Å². The number of rotatable bonds is 5. The maximum atomic E-state index is 11.2. The molecule has 21 heavy (non-hydrogen) atoms. The largest absolute Gasteiger partial charge is 0.481 e. The number of carbonyl (C=O) groups is 1. The highest BCUT2D eigenvalue weighted by Crippen LogP contribution is 2.24. The van der Waals surface area contributed by atoms with E-state index < -0.39 is 5.97 Å². The van der Waals surface area contributed by atoms with E-state index in [9.17, 15) is 9.59 Å². The van der Waals surface area contributed by atoms with Crippen LogP contribution in [0.15, 0.2) is 39.6 Å². The van der Waals surface area contributed by atoms with Gasteiger partial charge in [0.25, 0.3) is 0 Å². The summed E-state index contributed by atoms with van der Waals surface area (Å²) in [7, 11) is 0. The van der Waals surface area contributed by atoms with Gasteiger partial charge in [-0.3, -0.25) is 9.59 Å². The Kier molecular flexibility index (Phi) is 3.80. The minimum Gasteiger partial charge on any atom is -0.481 e. The zero-order valence-corrected chi connectivity index (χ0v) is 12.4. The summed E-state index contributed by atoms with van der Waals surface area (Å²) in [6.45, 7) is 0.460. The van der Waals surface area contributed by atoms with Crippen LogP contribution in [-0.4, -0.2) is 31.4 Å². The Balaban J connectivity index is 2.02. The standard InChI is InChI=1S/C13H11N3O3S2/c17-11(18)7-20-12-15-9-3-1-2-4-10(9)16(12)5-8-6-21-13(19)14-8/h1-4,6H,5,7H2,(H,14,19)(H,17,18). The summed E-state index contributed by atoms with van der Waals surface area (Å²) in [6, 6.07) is 7.60. The Morgan fingerprint density at radius 1 is 1.43 bits per heavy atom. The molecule has 0 amide bonds. The first-order valence-corrected chi connectivity index (χ1v) is 7.96. The van der Waals surface area contributed by atoms with Crippen molar-refractivity contribution in [1.82, 2.24) is 14.5 Å². The normalized spacial score (nSPS) is 11.0. The summed E-state index contributed by atoms with van der Waals surface area (Å²) in [6.07, 6.45) is 0. The molecule has 0 aliphatic rings. The number of nitrogens with zero attached hydrogens (tertiary/aromatic N) is 2. The predicted molar refractivity (Wildman–Crippen MR) is 82.1 cm³/mol. The van der Waals surface area contributed by atoms with Crippen LogP contribution in [-0.2, 0) is 11.3 Å². The van der Waals surface area contributed by atoms with Gasteiger partial charge in [0.15, 0.2) is 5.16 Å². The molecule has 8 heteroatoms. The third-order valence-electron chi connectivity index (χ3n) is 2.84. The molecule has 0 aliphatic carbocycles. The van der Waals surface area contributed by atoms with Crippen LogP contribution in [0.25, 0.3) is 11.0 Å². The number of imidazole rings is 1. The minimum atomic E-state index is -0.887. The number of H-pyrrole nitrogens is 1. The number of aromatic amines is 1. The van der Waals surface area contributed by atoms with Crippen molar-refractivity contribution in [2.24, 2.45) is 0 Å². The maximum Gasteiger partial charge on any atom is 0.313 e. The van der Waals surface area contributed by atoms with Crippen LogP contribution in [0.4, 0.5) is 0 Å². The lowest BCUT2D eigenvalue weighted by molar-refractivity contribution is -0.133. The van der Waals surface area contributed by atoms with Crippen molar-refractivity contribution < 1.29 is 9.90 Å². The molecule has 3 rings (SSSR count). The fraction of sp³-hybridized carbons (Fsp3) is 0.154. The van der Waals surface area contributed by atoms with E-state index in [1.54, 1.807) is 5.38 Å². The third kappa shape index (κ3) is 3.01. The summed E-state index contributed by atoms with van der Waals surface area (Å²) in [4.78, 5) is 29.1. The molecule has 2 heterocycles. The van der Waals surface area contributed by atoms with Gasteiger partial charge in [0, 0.05) is 11.1 Å². The molecule has 2 N–H and O–H groups in total. The molecule has 0 unspecified atom stereocenters. The summed E-state index contributed by atoms with van der Waals surface area (Å²) in [5, 5.41) is 11.2. The van der Waals surface area contributed by atoms with Crippen LogP contribution in [0.1, 0.15) is 5.69 Å². The lowest BCUT2D eigenvalue weighted by Crippen LogP contribution is -2.06. The van der Waals surface area contributed by atoms with E-state index in [1.165, 1.54) is 11.8 Å². The zero-order valence-electron chi connectivity index (χ0n) is 10.8. The van der Waals surface area contributed by atoms with Gasteiger partial charge in [-0.2, -0.15) is 0 Å². The second kappa shape index (κ2) is 5.74. The minimum absolute atomic E-state index is 0.0521. The van der Waals surface area contributed by atoms with Gasteiger partial charge < -0.3 is 14.7 Å². The summed E-state index contributed by atoms with van der Waals surface area (Å²) in [5.41, 5.74) is 2.51. The maximum absolute atomic E-state index is 11.2.